The van der Waals surface area contributed by atoms with E-state index in [4.69, 9.17) is 4.74 Å². The lowest BCUT2D eigenvalue weighted by Crippen LogP contribution is -2.48. The van der Waals surface area contributed by atoms with Gasteiger partial charge in [0.15, 0.2) is 0 Å². The van der Waals surface area contributed by atoms with E-state index in [-0.39, 0.29) is 18.7 Å². The normalized spacial score (nSPS) is 32.0. The maximum Gasteiger partial charge on any atom is 0.248 e. The number of carbonyl (C=O) groups excluding carboxylic acids is 1. The average molecular weight is 355 g/mol. The summed E-state index contributed by atoms with van der Waals surface area (Å²) in [6, 6.07) is 0.956. The molecule has 3 fully saturated rings. The molecule has 1 amide bonds. The number of hydrogen-bond acceptors (Lipinski definition) is 4. The number of rotatable bonds is 6. The molecule has 1 N–H and O–H groups in total. The van der Waals surface area contributed by atoms with Crippen LogP contribution in [-0.4, -0.2) is 53.3 Å². The number of hydrogen-bond donors (Lipinski definition) is 1. The van der Waals surface area contributed by atoms with Crippen LogP contribution in [0.2, 0.25) is 0 Å². The summed E-state index contributed by atoms with van der Waals surface area (Å²) in [5, 5.41) is 4.11. The highest BCUT2D eigenvalue weighted by molar-refractivity contribution is 8.00. The monoisotopic (exact) mass is 354 g/mol. The van der Waals surface area contributed by atoms with E-state index < -0.39 is 0 Å². The predicted octanol–water partition coefficient (Wildman–Crippen LogP) is 3.55. The van der Waals surface area contributed by atoms with Gasteiger partial charge in [0, 0.05) is 23.9 Å². The van der Waals surface area contributed by atoms with Crippen LogP contribution < -0.4 is 5.32 Å². The van der Waals surface area contributed by atoms with Gasteiger partial charge in [0.1, 0.15) is 12.8 Å². The first kappa shape index (κ1) is 18.5. The van der Waals surface area contributed by atoms with E-state index in [1.54, 1.807) is 0 Å². The maximum atomic E-state index is 12.9. The van der Waals surface area contributed by atoms with Crippen LogP contribution in [0.15, 0.2) is 0 Å². The van der Waals surface area contributed by atoms with Crippen LogP contribution in [0, 0.1) is 0 Å². The summed E-state index contributed by atoms with van der Waals surface area (Å²) < 4.78 is 5.94. The second-order valence-corrected chi connectivity index (χ2v) is 9.18. The molecule has 0 spiro atoms. The van der Waals surface area contributed by atoms with Crippen molar-refractivity contribution >= 4 is 17.7 Å². The molecule has 138 valence electrons. The van der Waals surface area contributed by atoms with Crippen LogP contribution in [0.1, 0.15) is 71.1 Å². The summed E-state index contributed by atoms with van der Waals surface area (Å²) in [4.78, 5) is 15.1. The van der Waals surface area contributed by atoms with Crippen molar-refractivity contribution in [2.45, 2.75) is 94.7 Å². The standard InChI is InChI=1S/C19H34N2O2S/c1-15-7-5-11-18(20-15)23-14-19(22)21(13-17-10-6-12-24-17)16-8-3-2-4-9-16/h15-18,20H,2-14H2,1H3. The van der Waals surface area contributed by atoms with Crippen LogP contribution in [0.25, 0.3) is 0 Å². The Bertz CT molecular complexity index is 395. The van der Waals surface area contributed by atoms with Crippen molar-refractivity contribution in [3.05, 3.63) is 0 Å². The van der Waals surface area contributed by atoms with Crippen molar-refractivity contribution in [3.63, 3.8) is 0 Å². The van der Waals surface area contributed by atoms with E-state index in [1.165, 1.54) is 63.5 Å². The van der Waals surface area contributed by atoms with Gasteiger partial charge in [-0.3, -0.25) is 10.1 Å². The van der Waals surface area contributed by atoms with Gasteiger partial charge in [0.2, 0.25) is 5.91 Å². The fourth-order valence-corrected chi connectivity index (χ4v) is 5.60. The van der Waals surface area contributed by atoms with Crippen molar-refractivity contribution in [2.75, 3.05) is 18.9 Å². The first-order valence-corrected chi connectivity index (χ1v) is 11.1. The Morgan fingerprint density at radius 2 is 1.92 bits per heavy atom. The summed E-state index contributed by atoms with van der Waals surface area (Å²) in [5.74, 6) is 1.48. The van der Waals surface area contributed by atoms with E-state index in [9.17, 15) is 4.79 Å². The molecule has 3 atom stereocenters. The molecule has 2 heterocycles. The molecule has 3 unspecified atom stereocenters. The minimum Gasteiger partial charge on any atom is -0.354 e. The van der Waals surface area contributed by atoms with Gasteiger partial charge in [-0.05, 0) is 57.6 Å². The third-order valence-electron chi connectivity index (χ3n) is 5.74. The molecule has 0 aromatic heterocycles. The molecular formula is C19H34N2O2S. The van der Waals surface area contributed by atoms with E-state index in [0.717, 1.165) is 13.0 Å². The minimum absolute atomic E-state index is 0.0618. The highest BCUT2D eigenvalue weighted by atomic mass is 32.2. The van der Waals surface area contributed by atoms with Gasteiger partial charge in [0.25, 0.3) is 0 Å². The molecule has 0 bridgehead atoms. The maximum absolute atomic E-state index is 12.9. The second-order valence-electron chi connectivity index (χ2n) is 7.77. The smallest absolute Gasteiger partial charge is 0.248 e. The molecular weight excluding hydrogens is 320 g/mol. The third-order valence-corrected chi connectivity index (χ3v) is 7.12. The zero-order valence-electron chi connectivity index (χ0n) is 15.2. The van der Waals surface area contributed by atoms with Crippen LogP contribution in [0.3, 0.4) is 0 Å². The van der Waals surface area contributed by atoms with Gasteiger partial charge < -0.3 is 9.64 Å². The van der Waals surface area contributed by atoms with Gasteiger partial charge in [-0.15, -0.1) is 0 Å². The van der Waals surface area contributed by atoms with E-state index >= 15 is 0 Å². The number of amides is 1. The Balaban J connectivity index is 1.53. The summed E-state index contributed by atoms with van der Waals surface area (Å²) in [5.41, 5.74) is 0. The number of carbonyl (C=O) groups is 1. The topological polar surface area (TPSA) is 41.6 Å². The quantitative estimate of drug-likeness (QED) is 0.792. The van der Waals surface area contributed by atoms with Crippen molar-refractivity contribution in [1.29, 1.82) is 0 Å². The average Bonchev–Trinajstić information content (AvgIpc) is 3.12. The molecule has 2 aliphatic heterocycles. The minimum atomic E-state index is 0.0618. The van der Waals surface area contributed by atoms with Gasteiger partial charge >= 0.3 is 0 Å². The first-order chi connectivity index (χ1) is 11.7. The largest absolute Gasteiger partial charge is 0.354 e. The number of thioether (sulfide) groups is 1. The Morgan fingerprint density at radius 1 is 1.08 bits per heavy atom. The van der Waals surface area contributed by atoms with E-state index in [0.29, 0.717) is 17.3 Å². The molecule has 3 aliphatic rings. The molecule has 0 aromatic rings. The predicted molar refractivity (Wildman–Crippen MR) is 100 cm³/mol. The van der Waals surface area contributed by atoms with Crippen LogP contribution >= 0.6 is 11.8 Å². The summed E-state index contributed by atoms with van der Waals surface area (Å²) >= 11 is 2.05. The van der Waals surface area contributed by atoms with Gasteiger partial charge in [-0.25, -0.2) is 0 Å². The molecule has 2 saturated heterocycles. The van der Waals surface area contributed by atoms with E-state index in [2.05, 4.69) is 28.9 Å². The number of nitrogens with zero attached hydrogens (tertiary/aromatic N) is 1. The van der Waals surface area contributed by atoms with Crippen molar-refractivity contribution in [2.24, 2.45) is 0 Å². The van der Waals surface area contributed by atoms with E-state index in [1.807, 2.05) is 0 Å². The molecule has 1 aliphatic carbocycles. The SMILES string of the molecule is CC1CCCC(OCC(=O)N(CC2CCCS2)C2CCCCC2)N1. The van der Waals surface area contributed by atoms with Crippen LogP contribution in [0.5, 0.6) is 0 Å². The van der Waals surface area contributed by atoms with Crippen molar-refractivity contribution in [1.82, 2.24) is 10.2 Å². The number of nitrogens with one attached hydrogen (secondary N) is 1. The molecule has 4 nitrogen and oxygen atoms in total. The molecule has 1 saturated carbocycles. The van der Waals surface area contributed by atoms with Crippen molar-refractivity contribution in [3.8, 4) is 0 Å². The summed E-state index contributed by atoms with van der Waals surface area (Å²) in [7, 11) is 0. The van der Waals surface area contributed by atoms with Gasteiger partial charge in [-0.2, -0.15) is 11.8 Å². The zero-order chi connectivity index (χ0) is 16.8. The Kier molecular flexibility index (Phi) is 7.29. The van der Waals surface area contributed by atoms with Crippen LogP contribution in [0.4, 0.5) is 0 Å². The number of piperidine rings is 1. The number of ether oxygens (including phenoxy) is 1. The lowest BCUT2D eigenvalue weighted by molar-refractivity contribution is -0.142. The lowest BCUT2D eigenvalue weighted by atomic mass is 9.94. The van der Waals surface area contributed by atoms with Crippen LogP contribution in [-0.2, 0) is 9.53 Å². The molecule has 0 aromatic carbocycles. The fourth-order valence-electron chi connectivity index (χ4n) is 4.33. The Morgan fingerprint density at radius 3 is 2.62 bits per heavy atom. The molecule has 3 rings (SSSR count). The van der Waals surface area contributed by atoms with Gasteiger partial charge in [-0.1, -0.05) is 19.3 Å². The molecule has 5 heteroatoms. The van der Waals surface area contributed by atoms with Gasteiger partial charge in [0.05, 0.1) is 0 Å². The highest BCUT2D eigenvalue weighted by Gasteiger charge is 2.30. The lowest BCUT2D eigenvalue weighted by Gasteiger charge is -2.36. The molecule has 0 radical (unpaired) electrons. The molecule has 24 heavy (non-hydrogen) atoms. The summed E-state index contributed by atoms with van der Waals surface area (Å²) in [6.45, 7) is 3.38. The second kappa shape index (κ2) is 9.44. The fraction of sp³-hybridized carbons (Fsp3) is 0.947. The third kappa shape index (κ3) is 5.37. The Hall–Kier alpha value is -0.260. The highest BCUT2D eigenvalue weighted by Crippen LogP contribution is 2.30. The first-order valence-electron chi connectivity index (χ1n) is 10.0. The zero-order valence-corrected chi connectivity index (χ0v) is 16.0. The summed E-state index contributed by atoms with van der Waals surface area (Å²) in [6.07, 6.45) is 12.3. The van der Waals surface area contributed by atoms with Crippen molar-refractivity contribution < 1.29 is 9.53 Å². The Labute approximate surface area is 151 Å².